The van der Waals surface area contributed by atoms with Crippen molar-refractivity contribution in [2.75, 3.05) is 5.73 Å². The van der Waals surface area contributed by atoms with Crippen LogP contribution in [0.25, 0.3) is 10.9 Å². The molecule has 0 bridgehead atoms. The second kappa shape index (κ2) is 5.12. The number of nitro groups is 1. The van der Waals surface area contributed by atoms with Crippen molar-refractivity contribution in [2.45, 2.75) is 6.42 Å². The number of hydrogen-bond acceptors (Lipinski definition) is 6. The predicted octanol–water partition coefficient (Wildman–Crippen LogP) is 2.11. The van der Waals surface area contributed by atoms with Gasteiger partial charge in [-0.3, -0.25) is 15.1 Å². The molecule has 7 nitrogen and oxygen atoms in total. The molecule has 1 aromatic carbocycles. The highest BCUT2D eigenvalue weighted by atomic mass is 16.6. The molecule has 3 rings (SSSR count). The average Bonchev–Trinajstić information content (AvgIpc) is 2.47. The molecule has 0 spiro atoms. The number of rotatable bonds is 3. The summed E-state index contributed by atoms with van der Waals surface area (Å²) in [6.07, 6.45) is 3.11. The summed E-state index contributed by atoms with van der Waals surface area (Å²) in [5, 5.41) is 12.0. The predicted molar refractivity (Wildman–Crippen MR) is 77.6 cm³/mol. The van der Waals surface area contributed by atoms with Crippen LogP contribution in [0.3, 0.4) is 0 Å². The van der Waals surface area contributed by atoms with Gasteiger partial charge in [-0.1, -0.05) is 18.2 Å². The van der Waals surface area contributed by atoms with Crippen LogP contribution in [0.2, 0.25) is 0 Å². The van der Waals surface area contributed by atoms with Crippen molar-refractivity contribution in [1.82, 2.24) is 15.0 Å². The van der Waals surface area contributed by atoms with Crippen molar-refractivity contribution in [2.24, 2.45) is 0 Å². The summed E-state index contributed by atoms with van der Waals surface area (Å²) in [7, 11) is 0. The van der Waals surface area contributed by atoms with Gasteiger partial charge in [0, 0.05) is 18.0 Å². The number of para-hydroxylation sites is 1. The highest BCUT2D eigenvalue weighted by Crippen LogP contribution is 2.23. The maximum Gasteiger partial charge on any atom is 0.309 e. The first kappa shape index (κ1) is 12.9. The van der Waals surface area contributed by atoms with E-state index in [0.717, 1.165) is 22.7 Å². The first-order valence-corrected chi connectivity index (χ1v) is 6.23. The maximum atomic E-state index is 11.1. The lowest BCUT2D eigenvalue weighted by molar-refractivity contribution is -0.386. The van der Waals surface area contributed by atoms with Gasteiger partial charge in [-0.2, -0.15) is 0 Å². The summed E-state index contributed by atoms with van der Waals surface area (Å²) >= 11 is 0. The Morgan fingerprint density at radius 1 is 1.19 bits per heavy atom. The minimum atomic E-state index is -0.502. The van der Waals surface area contributed by atoms with Gasteiger partial charge in [-0.15, -0.1) is 0 Å². The number of hydrogen-bond donors (Lipinski definition) is 1. The van der Waals surface area contributed by atoms with Crippen LogP contribution >= 0.6 is 0 Å². The SMILES string of the molecule is Nc1ncc([N+](=O)[O-])c(Cc2ccnc3ccccc23)n1. The molecule has 0 fully saturated rings. The zero-order chi connectivity index (χ0) is 14.8. The van der Waals surface area contributed by atoms with Gasteiger partial charge in [0.1, 0.15) is 11.9 Å². The Bertz CT molecular complexity index is 829. The van der Waals surface area contributed by atoms with Gasteiger partial charge in [0.15, 0.2) is 0 Å². The number of pyridine rings is 1. The largest absolute Gasteiger partial charge is 0.368 e. The molecule has 104 valence electrons. The van der Waals surface area contributed by atoms with Crippen LogP contribution in [0.15, 0.2) is 42.7 Å². The van der Waals surface area contributed by atoms with Crippen molar-refractivity contribution >= 4 is 22.5 Å². The van der Waals surface area contributed by atoms with Gasteiger partial charge < -0.3 is 5.73 Å². The fourth-order valence-corrected chi connectivity index (χ4v) is 2.20. The maximum absolute atomic E-state index is 11.1. The number of anilines is 1. The molecule has 0 atom stereocenters. The molecule has 0 unspecified atom stereocenters. The molecule has 0 radical (unpaired) electrons. The molecule has 0 saturated carbocycles. The van der Waals surface area contributed by atoms with Gasteiger partial charge in [0.25, 0.3) is 0 Å². The molecule has 0 aliphatic heterocycles. The Morgan fingerprint density at radius 3 is 2.81 bits per heavy atom. The Morgan fingerprint density at radius 2 is 2.00 bits per heavy atom. The lowest BCUT2D eigenvalue weighted by Gasteiger charge is -2.06. The topological polar surface area (TPSA) is 108 Å². The summed E-state index contributed by atoms with van der Waals surface area (Å²) in [5.74, 6) is 0.0222. The third-order valence-corrected chi connectivity index (χ3v) is 3.16. The number of benzene rings is 1. The van der Waals surface area contributed by atoms with Crippen LogP contribution in [0.1, 0.15) is 11.3 Å². The van der Waals surface area contributed by atoms with E-state index in [2.05, 4.69) is 15.0 Å². The van der Waals surface area contributed by atoms with Crippen LogP contribution in [-0.2, 0) is 6.42 Å². The second-order valence-electron chi connectivity index (χ2n) is 4.48. The Hall–Kier alpha value is -3.09. The van der Waals surface area contributed by atoms with E-state index in [-0.39, 0.29) is 11.6 Å². The van der Waals surface area contributed by atoms with Crippen LogP contribution in [0.5, 0.6) is 0 Å². The van der Waals surface area contributed by atoms with Crippen molar-refractivity contribution in [3.8, 4) is 0 Å². The Kier molecular flexibility index (Phi) is 3.15. The highest BCUT2D eigenvalue weighted by Gasteiger charge is 2.17. The summed E-state index contributed by atoms with van der Waals surface area (Å²) in [4.78, 5) is 22.5. The van der Waals surface area contributed by atoms with Gasteiger partial charge in [0.2, 0.25) is 5.95 Å². The summed E-state index contributed by atoms with van der Waals surface area (Å²) in [6, 6.07) is 9.43. The number of nitrogen functional groups attached to an aromatic ring is 1. The normalized spacial score (nSPS) is 10.7. The summed E-state index contributed by atoms with van der Waals surface area (Å²) < 4.78 is 0. The molecule has 7 heteroatoms. The van der Waals surface area contributed by atoms with Crippen LogP contribution < -0.4 is 5.73 Å². The lowest BCUT2D eigenvalue weighted by Crippen LogP contribution is -2.05. The van der Waals surface area contributed by atoms with Gasteiger partial charge in [-0.05, 0) is 17.7 Å². The molecule has 0 saturated heterocycles. The quantitative estimate of drug-likeness (QED) is 0.581. The van der Waals surface area contributed by atoms with E-state index in [0.29, 0.717) is 12.1 Å². The molecule has 0 aliphatic rings. The molecule has 3 aromatic rings. The van der Waals surface area contributed by atoms with Crippen LogP contribution in [-0.4, -0.2) is 19.9 Å². The Balaban J connectivity index is 2.11. The molecule has 21 heavy (non-hydrogen) atoms. The third-order valence-electron chi connectivity index (χ3n) is 3.16. The molecule has 0 aliphatic carbocycles. The smallest absolute Gasteiger partial charge is 0.309 e. The zero-order valence-electron chi connectivity index (χ0n) is 10.9. The van der Waals surface area contributed by atoms with E-state index in [4.69, 9.17) is 5.73 Å². The standard InChI is InChI=1S/C14H11N5O2/c15-14-17-8-13(19(20)21)12(18-14)7-9-5-6-16-11-4-2-1-3-10(9)11/h1-6,8H,7H2,(H2,15,17,18). The average molecular weight is 281 g/mol. The van der Waals surface area contributed by atoms with Crippen molar-refractivity contribution in [1.29, 1.82) is 0 Å². The van der Waals surface area contributed by atoms with E-state index in [1.807, 2.05) is 30.3 Å². The van der Waals surface area contributed by atoms with Crippen molar-refractivity contribution < 1.29 is 4.92 Å². The van der Waals surface area contributed by atoms with E-state index < -0.39 is 4.92 Å². The van der Waals surface area contributed by atoms with E-state index in [1.165, 1.54) is 0 Å². The number of aromatic nitrogens is 3. The second-order valence-corrected chi connectivity index (χ2v) is 4.48. The molecular formula is C14H11N5O2. The highest BCUT2D eigenvalue weighted by molar-refractivity contribution is 5.82. The fourth-order valence-electron chi connectivity index (χ4n) is 2.20. The Labute approximate surface area is 119 Å². The molecule has 0 amide bonds. The van der Waals surface area contributed by atoms with Gasteiger partial charge in [-0.25, -0.2) is 9.97 Å². The molecule has 2 N–H and O–H groups in total. The molecule has 2 aromatic heterocycles. The first-order chi connectivity index (χ1) is 10.1. The fraction of sp³-hybridized carbons (Fsp3) is 0.0714. The number of nitrogens with zero attached hydrogens (tertiary/aromatic N) is 4. The van der Waals surface area contributed by atoms with Gasteiger partial charge >= 0.3 is 5.69 Å². The molecule has 2 heterocycles. The zero-order valence-corrected chi connectivity index (χ0v) is 10.9. The number of nitrogens with two attached hydrogens (primary N) is 1. The molecular weight excluding hydrogens is 270 g/mol. The van der Waals surface area contributed by atoms with Crippen molar-refractivity contribution in [3.63, 3.8) is 0 Å². The first-order valence-electron chi connectivity index (χ1n) is 6.23. The lowest BCUT2D eigenvalue weighted by atomic mass is 10.0. The van der Waals surface area contributed by atoms with E-state index in [9.17, 15) is 10.1 Å². The third kappa shape index (κ3) is 2.48. The monoisotopic (exact) mass is 281 g/mol. The van der Waals surface area contributed by atoms with Crippen LogP contribution in [0.4, 0.5) is 11.6 Å². The van der Waals surface area contributed by atoms with Crippen LogP contribution in [0, 0.1) is 10.1 Å². The van der Waals surface area contributed by atoms with Crippen molar-refractivity contribution in [3.05, 3.63) is 64.1 Å². The van der Waals surface area contributed by atoms with Gasteiger partial charge in [0.05, 0.1) is 10.4 Å². The minimum absolute atomic E-state index is 0.0222. The minimum Gasteiger partial charge on any atom is -0.368 e. The summed E-state index contributed by atoms with van der Waals surface area (Å²) in [5.41, 5.74) is 7.44. The van der Waals surface area contributed by atoms with E-state index in [1.54, 1.807) is 6.20 Å². The number of fused-ring (bicyclic) bond motifs is 1. The summed E-state index contributed by atoms with van der Waals surface area (Å²) in [6.45, 7) is 0. The van der Waals surface area contributed by atoms with E-state index >= 15 is 0 Å².